The van der Waals surface area contributed by atoms with Crippen molar-refractivity contribution in [2.45, 2.75) is 25.3 Å². The third-order valence-corrected chi connectivity index (χ3v) is 3.56. The highest BCUT2D eigenvalue weighted by Gasteiger charge is 2.32. The third-order valence-electron chi connectivity index (χ3n) is 3.56. The van der Waals surface area contributed by atoms with Gasteiger partial charge in [-0.3, -0.25) is 4.79 Å². The Labute approximate surface area is 113 Å². The van der Waals surface area contributed by atoms with Crippen LogP contribution in [0, 0.1) is 5.41 Å². The van der Waals surface area contributed by atoms with Gasteiger partial charge in [-0.25, -0.2) is 0 Å². The molecule has 1 aromatic rings. The van der Waals surface area contributed by atoms with E-state index in [1.165, 1.54) is 5.56 Å². The van der Waals surface area contributed by atoms with Crippen LogP contribution >= 0.6 is 0 Å². The topological polar surface area (TPSA) is 63.3 Å². The lowest BCUT2D eigenvalue weighted by atomic mass is 9.72. The zero-order valence-electron chi connectivity index (χ0n) is 10.8. The molecule has 3 heteroatoms. The average Bonchev–Trinajstić information content (AvgIpc) is 2.40. The lowest BCUT2D eigenvalue weighted by Gasteiger charge is -2.33. The molecule has 0 radical (unpaired) electrons. The van der Waals surface area contributed by atoms with Crippen molar-refractivity contribution in [1.82, 2.24) is 0 Å². The number of carboxylic acids is 1. The lowest BCUT2D eigenvalue weighted by molar-refractivity contribution is -0.139. The van der Waals surface area contributed by atoms with Crippen LogP contribution < -0.4 is 5.73 Å². The number of aliphatic carboxylic acids is 1. The first-order chi connectivity index (χ1) is 9.11. The summed E-state index contributed by atoms with van der Waals surface area (Å²) < 4.78 is 0. The lowest BCUT2D eigenvalue weighted by Crippen LogP contribution is -2.37. The van der Waals surface area contributed by atoms with Gasteiger partial charge in [0, 0.05) is 0 Å². The van der Waals surface area contributed by atoms with E-state index in [2.05, 4.69) is 24.3 Å². The summed E-state index contributed by atoms with van der Waals surface area (Å²) in [7, 11) is 0. The van der Waals surface area contributed by atoms with Crippen LogP contribution in [0.4, 0.5) is 0 Å². The largest absolute Gasteiger partial charge is 0.480 e. The van der Waals surface area contributed by atoms with Gasteiger partial charge in [0.05, 0.1) is 0 Å². The molecule has 0 aliphatic heterocycles. The highest BCUT2D eigenvalue weighted by atomic mass is 16.4. The molecule has 19 heavy (non-hydrogen) atoms. The summed E-state index contributed by atoms with van der Waals surface area (Å²) in [6.07, 6.45) is 10.3. The number of hydrogen-bond donors (Lipinski definition) is 2. The van der Waals surface area contributed by atoms with Crippen molar-refractivity contribution in [3.05, 3.63) is 60.2 Å². The maximum Gasteiger partial charge on any atom is 0.320 e. The molecule has 3 N–H and O–H groups in total. The Kier molecular flexibility index (Phi) is 4.17. The van der Waals surface area contributed by atoms with Crippen molar-refractivity contribution in [2.75, 3.05) is 0 Å². The van der Waals surface area contributed by atoms with Crippen LogP contribution in [0.1, 0.15) is 18.4 Å². The minimum absolute atomic E-state index is 0.187. The normalized spacial score (nSPS) is 23.2. The molecule has 1 aromatic carbocycles. The van der Waals surface area contributed by atoms with Crippen molar-refractivity contribution < 1.29 is 9.90 Å². The van der Waals surface area contributed by atoms with Gasteiger partial charge >= 0.3 is 5.97 Å². The quantitative estimate of drug-likeness (QED) is 0.852. The molecule has 0 amide bonds. The predicted molar refractivity (Wildman–Crippen MR) is 75.7 cm³/mol. The Morgan fingerprint density at radius 3 is 2.63 bits per heavy atom. The fourth-order valence-electron chi connectivity index (χ4n) is 2.59. The Balaban J connectivity index is 2.18. The molecule has 0 heterocycles. The van der Waals surface area contributed by atoms with Crippen molar-refractivity contribution in [2.24, 2.45) is 11.1 Å². The van der Waals surface area contributed by atoms with Gasteiger partial charge in [0.15, 0.2) is 0 Å². The van der Waals surface area contributed by atoms with Crippen molar-refractivity contribution in [3.63, 3.8) is 0 Å². The summed E-state index contributed by atoms with van der Waals surface area (Å²) in [6.45, 7) is 0. The van der Waals surface area contributed by atoms with E-state index < -0.39 is 12.0 Å². The van der Waals surface area contributed by atoms with Gasteiger partial charge < -0.3 is 10.8 Å². The summed E-state index contributed by atoms with van der Waals surface area (Å²) in [5.41, 5.74) is 6.75. The highest BCUT2D eigenvalue weighted by Crippen LogP contribution is 2.36. The molecule has 1 aliphatic carbocycles. The van der Waals surface area contributed by atoms with Crippen LogP contribution in [-0.4, -0.2) is 17.1 Å². The zero-order valence-corrected chi connectivity index (χ0v) is 10.8. The summed E-state index contributed by atoms with van der Waals surface area (Å²) in [4.78, 5) is 11.0. The van der Waals surface area contributed by atoms with Crippen molar-refractivity contribution in [1.29, 1.82) is 0 Å². The molecular formula is C16H19NO2. The van der Waals surface area contributed by atoms with Crippen LogP contribution in [-0.2, 0) is 11.2 Å². The minimum Gasteiger partial charge on any atom is -0.480 e. The monoisotopic (exact) mass is 257 g/mol. The number of nitrogens with two attached hydrogens (primary N) is 1. The van der Waals surface area contributed by atoms with E-state index in [0.29, 0.717) is 6.42 Å². The van der Waals surface area contributed by atoms with E-state index in [1.807, 2.05) is 30.4 Å². The SMILES string of the molecule is NC(CC1(Cc2ccccc2)C=CC=CC1)C(=O)O. The number of allylic oxidation sites excluding steroid dienone is 4. The number of benzene rings is 1. The highest BCUT2D eigenvalue weighted by molar-refractivity contribution is 5.73. The summed E-state index contributed by atoms with van der Waals surface area (Å²) in [5.74, 6) is -0.935. The van der Waals surface area contributed by atoms with Crippen LogP contribution in [0.2, 0.25) is 0 Å². The first-order valence-electron chi connectivity index (χ1n) is 6.48. The molecule has 0 saturated heterocycles. The zero-order chi connectivity index (χ0) is 13.7. The van der Waals surface area contributed by atoms with E-state index in [0.717, 1.165) is 12.8 Å². The Morgan fingerprint density at radius 2 is 2.05 bits per heavy atom. The molecular weight excluding hydrogens is 238 g/mol. The van der Waals surface area contributed by atoms with Gasteiger partial charge in [0.25, 0.3) is 0 Å². The van der Waals surface area contributed by atoms with E-state index in [1.54, 1.807) is 0 Å². The fourth-order valence-corrected chi connectivity index (χ4v) is 2.59. The summed E-state index contributed by atoms with van der Waals surface area (Å²) in [6, 6.07) is 9.31. The number of hydrogen-bond acceptors (Lipinski definition) is 2. The van der Waals surface area contributed by atoms with Gasteiger partial charge in [0.2, 0.25) is 0 Å². The van der Waals surface area contributed by atoms with E-state index in [4.69, 9.17) is 10.8 Å². The second-order valence-electron chi connectivity index (χ2n) is 5.16. The number of carbonyl (C=O) groups is 1. The maximum atomic E-state index is 11.0. The van der Waals surface area contributed by atoms with Gasteiger partial charge in [0.1, 0.15) is 6.04 Å². The first kappa shape index (κ1) is 13.6. The second kappa shape index (κ2) is 5.85. The third kappa shape index (κ3) is 3.55. The van der Waals surface area contributed by atoms with E-state index in [9.17, 15) is 4.79 Å². The molecule has 0 aromatic heterocycles. The van der Waals surface area contributed by atoms with Crippen LogP contribution in [0.3, 0.4) is 0 Å². The molecule has 100 valence electrons. The number of carboxylic acid groups (broad SMARTS) is 1. The average molecular weight is 257 g/mol. The van der Waals surface area contributed by atoms with Crippen LogP contribution in [0.25, 0.3) is 0 Å². The fraction of sp³-hybridized carbons (Fsp3) is 0.312. The van der Waals surface area contributed by atoms with Crippen LogP contribution in [0.15, 0.2) is 54.6 Å². The number of rotatable bonds is 5. The molecule has 3 nitrogen and oxygen atoms in total. The molecule has 0 bridgehead atoms. The van der Waals surface area contributed by atoms with Crippen molar-refractivity contribution in [3.8, 4) is 0 Å². The van der Waals surface area contributed by atoms with Gasteiger partial charge in [-0.05, 0) is 30.2 Å². The molecule has 2 unspecified atom stereocenters. The van der Waals surface area contributed by atoms with Crippen LogP contribution in [0.5, 0.6) is 0 Å². The maximum absolute atomic E-state index is 11.0. The smallest absolute Gasteiger partial charge is 0.320 e. The first-order valence-corrected chi connectivity index (χ1v) is 6.48. The van der Waals surface area contributed by atoms with Crippen molar-refractivity contribution >= 4 is 5.97 Å². The molecule has 0 fully saturated rings. The van der Waals surface area contributed by atoms with E-state index >= 15 is 0 Å². The van der Waals surface area contributed by atoms with Gasteiger partial charge in [-0.15, -0.1) is 0 Å². The Bertz CT molecular complexity index is 493. The van der Waals surface area contributed by atoms with Gasteiger partial charge in [-0.1, -0.05) is 54.6 Å². The summed E-state index contributed by atoms with van der Waals surface area (Å²) >= 11 is 0. The Hall–Kier alpha value is -1.87. The minimum atomic E-state index is -0.935. The molecule has 0 spiro atoms. The second-order valence-corrected chi connectivity index (χ2v) is 5.16. The Morgan fingerprint density at radius 1 is 1.32 bits per heavy atom. The van der Waals surface area contributed by atoms with E-state index in [-0.39, 0.29) is 5.41 Å². The molecule has 2 rings (SSSR count). The molecule has 2 atom stereocenters. The molecule has 1 aliphatic rings. The summed E-state index contributed by atoms with van der Waals surface area (Å²) in [5, 5.41) is 9.03. The van der Waals surface area contributed by atoms with Gasteiger partial charge in [-0.2, -0.15) is 0 Å². The standard InChI is InChI=1S/C16H19NO2/c17-14(15(18)19)12-16(9-5-2-6-10-16)11-13-7-3-1-4-8-13/h1-9,14H,10-12,17H2,(H,18,19). The molecule has 0 saturated carbocycles. The predicted octanol–water partition coefficient (Wildman–Crippen LogP) is 2.53.